The van der Waals surface area contributed by atoms with E-state index >= 15 is 0 Å². The van der Waals surface area contributed by atoms with Crippen LogP contribution >= 0.6 is 0 Å². The van der Waals surface area contributed by atoms with E-state index in [1.165, 1.54) is 0 Å². The largest absolute Gasteiger partial charge is 0.438 e. The van der Waals surface area contributed by atoms with Crippen LogP contribution in [0, 0.1) is 6.92 Å². The lowest BCUT2D eigenvalue weighted by Gasteiger charge is -2.11. The van der Waals surface area contributed by atoms with Crippen molar-refractivity contribution in [3.8, 4) is 11.6 Å². The maximum atomic E-state index is 6.17. The number of hydrogen-bond donors (Lipinski definition) is 1. The van der Waals surface area contributed by atoms with Gasteiger partial charge in [-0.05, 0) is 31.3 Å². The van der Waals surface area contributed by atoms with Crippen LogP contribution in [0.1, 0.15) is 11.3 Å². The first-order valence-electron chi connectivity index (χ1n) is 7.09. The molecule has 0 atom stereocenters. The second kappa shape index (κ2) is 5.58. The van der Waals surface area contributed by atoms with Crippen LogP contribution in [0.2, 0.25) is 0 Å². The van der Waals surface area contributed by atoms with Gasteiger partial charge in [0.2, 0.25) is 5.88 Å². The van der Waals surface area contributed by atoms with E-state index in [0.717, 1.165) is 40.1 Å². The number of ether oxygens (including phenoxy) is 1. The molecule has 3 rings (SSSR count). The fraction of sp³-hybridized carbons (Fsp3) is 0.235. The molecule has 1 aromatic heterocycles. The van der Waals surface area contributed by atoms with Gasteiger partial charge in [-0.15, -0.1) is 0 Å². The third-order valence-electron chi connectivity index (χ3n) is 3.64. The fourth-order valence-electron chi connectivity index (χ4n) is 2.63. The zero-order valence-corrected chi connectivity index (χ0v) is 12.3. The summed E-state index contributed by atoms with van der Waals surface area (Å²) >= 11 is 0. The van der Waals surface area contributed by atoms with Crippen molar-refractivity contribution in [3.63, 3.8) is 0 Å². The summed E-state index contributed by atoms with van der Waals surface area (Å²) in [5.41, 5.74) is 7.75. The van der Waals surface area contributed by atoms with Crippen molar-refractivity contribution in [3.05, 3.63) is 53.7 Å². The average molecular weight is 281 g/mol. The number of nitrogens with zero attached hydrogens (tertiary/aromatic N) is 2. The maximum absolute atomic E-state index is 6.17. The van der Waals surface area contributed by atoms with Gasteiger partial charge in [0.05, 0.1) is 5.69 Å². The summed E-state index contributed by atoms with van der Waals surface area (Å²) in [5, 5.41) is 6.70. The van der Waals surface area contributed by atoms with Crippen LogP contribution in [0.25, 0.3) is 10.8 Å². The van der Waals surface area contributed by atoms with Gasteiger partial charge in [-0.25, -0.2) is 4.68 Å². The minimum absolute atomic E-state index is 0.582. The van der Waals surface area contributed by atoms with Crippen LogP contribution in [0.15, 0.2) is 42.5 Å². The van der Waals surface area contributed by atoms with E-state index in [4.69, 9.17) is 10.5 Å². The first-order valence-corrected chi connectivity index (χ1v) is 7.09. The van der Waals surface area contributed by atoms with Crippen molar-refractivity contribution >= 4 is 10.8 Å². The molecule has 0 saturated carbocycles. The van der Waals surface area contributed by atoms with Crippen LogP contribution in [-0.4, -0.2) is 16.3 Å². The molecule has 0 aliphatic carbocycles. The Morgan fingerprint density at radius 2 is 1.90 bits per heavy atom. The highest BCUT2D eigenvalue weighted by Gasteiger charge is 2.15. The number of benzene rings is 2. The van der Waals surface area contributed by atoms with Gasteiger partial charge in [0, 0.05) is 18.0 Å². The van der Waals surface area contributed by atoms with Gasteiger partial charge in [-0.2, -0.15) is 5.10 Å². The third kappa shape index (κ3) is 2.50. The molecule has 0 aliphatic heterocycles. The Balaban J connectivity index is 2.07. The molecule has 0 amide bonds. The molecule has 1 heterocycles. The molecule has 4 heteroatoms. The molecular formula is C17H19N3O. The molecule has 2 N–H and O–H groups in total. The molecule has 4 nitrogen and oxygen atoms in total. The summed E-state index contributed by atoms with van der Waals surface area (Å²) in [6, 6.07) is 14.3. The molecule has 0 saturated heterocycles. The molecule has 0 aliphatic rings. The van der Waals surface area contributed by atoms with E-state index < -0.39 is 0 Å². The lowest BCUT2D eigenvalue weighted by atomic mass is 10.1. The third-order valence-corrected chi connectivity index (χ3v) is 3.64. The summed E-state index contributed by atoms with van der Waals surface area (Å²) in [4.78, 5) is 0. The van der Waals surface area contributed by atoms with Crippen LogP contribution in [-0.2, 0) is 13.5 Å². The number of rotatable bonds is 4. The molecular weight excluding hydrogens is 262 g/mol. The lowest BCUT2D eigenvalue weighted by Crippen LogP contribution is -2.05. The predicted molar refractivity (Wildman–Crippen MR) is 84.7 cm³/mol. The van der Waals surface area contributed by atoms with Gasteiger partial charge >= 0.3 is 0 Å². The highest BCUT2D eigenvalue weighted by molar-refractivity contribution is 5.88. The lowest BCUT2D eigenvalue weighted by molar-refractivity contribution is 0.430. The van der Waals surface area contributed by atoms with Crippen molar-refractivity contribution in [1.29, 1.82) is 0 Å². The molecule has 108 valence electrons. The zero-order valence-electron chi connectivity index (χ0n) is 12.3. The fourth-order valence-corrected chi connectivity index (χ4v) is 2.63. The Morgan fingerprint density at radius 3 is 2.71 bits per heavy atom. The Kier molecular flexibility index (Phi) is 3.62. The normalized spacial score (nSPS) is 11.0. The van der Waals surface area contributed by atoms with E-state index in [1.807, 2.05) is 38.2 Å². The van der Waals surface area contributed by atoms with E-state index in [9.17, 15) is 0 Å². The summed E-state index contributed by atoms with van der Waals surface area (Å²) in [5.74, 6) is 1.61. The number of fused-ring (bicyclic) bond motifs is 1. The van der Waals surface area contributed by atoms with Crippen molar-refractivity contribution in [2.45, 2.75) is 13.3 Å². The Hall–Kier alpha value is -2.33. The van der Waals surface area contributed by atoms with Gasteiger partial charge in [-0.3, -0.25) is 0 Å². The van der Waals surface area contributed by atoms with Crippen LogP contribution < -0.4 is 10.5 Å². The van der Waals surface area contributed by atoms with Crippen molar-refractivity contribution in [2.24, 2.45) is 12.8 Å². The Bertz CT molecular complexity index is 772. The van der Waals surface area contributed by atoms with Gasteiger partial charge in [0.15, 0.2) is 0 Å². The number of nitrogens with two attached hydrogens (primary N) is 1. The Morgan fingerprint density at radius 1 is 1.14 bits per heavy atom. The SMILES string of the molecule is Cc1nn(C)c(Oc2cccc3ccccc23)c1CCN. The highest BCUT2D eigenvalue weighted by Crippen LogP contribution is 2.32. The molecule has 3 aromatic rings. The van der Waals surface area contributed by atoms with Crippen molar-refractivity contribution in [1.82, 2.24) is 9.78 Å². The summed E-state index contributed by atoms with van der Waals surface area (Å²) in [7, 11) is 1.90. The minimum Gasteiger partial charge on any atom is -0.438 e. The highest BCUT2D eigenvalue weighted by atomic mass is 16.5. The summed E-state index contributed by atoms with van der Waals surface area (Å²) in [6.45, 7) is 2.57. The monoisotopic (exact) mass is 281 g/mol. The second-order valence-corrected chi connectivity index (χ2v) is 5.11. The van der Waals surface area contributed by atoms with Crippen LogP contribution in [0.5, 0.6) is 11.6 Å². The molecule has 0 bridgehead atoms. The molecule has 2 aromatic carbocycles. The second-order valence-electron chi connectivity index (χ2n) is 5.11. The van der Waals surface area contributed by atoms with E-state index in [0.29, 0.717) is 6.54 Å². The van der Waals surface area contributed by atoms with Crippen molar-refractivity contribution in [2.75, 3.05) is 6.54 Å². The van der Waals surface area contributed by atoms with Crippen LogP contribution in [0.3, 0.4) is 0 Å². The van der Waals surface area contributed by atoms with Crippen molar-refractivity contribution < 1.29 is 4.74 Å². The van der Waals surface area contributed by atoms with Gasteiger partial charge in [0.1, 0.15) is 5.75 Å². The smallest absolute Gasteiger partial charge is 0.221 e. The van der Waals surface area contributed by atoms with E-state index in [-0.39, 0.29) is 0 Å². The molecule has 0 radical (unpaired) electrons. The molecule has 0 spiro atoms. The quantitative estimate of drug-likeness (QED) is 0.799. The van der Waals surface area contributed by atoms with Gasteiger partial charge < -0.3 is 10.5 Å². The first kappa shape index (κ1) is 13.6. The van der Waals surface area contributed by atoms with E-state index in [2.05, 4.69) is 23.3 Å². The average Bonchev–Trinajstić information content (AvgIpc) is 2.75. The zero-order chi connectivity index (χ0) is 14.8. The first-order chi connectivity index (χ1) is 10.2. The minimum atomic E-state index is 0.582. The molecule has 0 unspecified atom stereocenters. The number of hydrogen-bond acceptors (Lipinski definition) is 3. The summed E-state index contributed by atoms with van der Waals surface area (Å²) < 4.78 is 7.95. The molecule has 0 fully saturated rings. The molecule has 21 heavy (non-hydrogen) atoms. The predicted octanol–water partition coefficient (Wildman–Crippen LogP) is 3.18. The van der Waals surface area contributed by atoms with Crippen LogP contribution in [0.4, 0.5) is 0 Å². The van der Waals surface area contributed by atoms with E-state index in [1.54, 1.807) is 4.68 Å². The maximum Gasteiger partial charge on any atom is 0.221 e. The van der Waals surface area contributed by atoms with Gasteiger partial charge in [0.25, 0.3) is 0 Å². The number of aryl methyl sites for hydroxylation is 2. The standard InChI is InChI=1S/C17H19N3O/c1-12-14(10-11-18)17(20(2)19-12)21-16-9-5-7-13-6-3-4-8-15(13)16/h3-9H,10-11,18H2,1-2H3. The Labute approximate surface area is 124 Å². The summed E-state index contributed by atoms with van der Waals surface area (Å²) in [6.07, 6.45) is 0.764. The van der Waals surface area contributed by atoms with Gasteiger partial charge in [-0.1, -0.05) is 36.4 Å². The number of aromatic nitrogens is 2. The topological polar surface area (TPSA) is 53.1 Å².